The number of hydrogen-bond donors (Lipinski definition) is 4. The Morgan fingerprint density at radius 3 is 2.26 bits per heavy atom. The topological polar surface area (TPSA) is 109 Å². The molecular formula is C30H40N4O4. The fraction of sp³-hybridized carbons (Fsp3) is 0.433. The van der Waals surface area contributed by atoms with Crippen LogP contribution in [0.2, 0.25) is 0 Å². The van der Waals surface area contributed by atoms with Gasteiger partial charge in [0.25, 0.3) is 0 Å². The first-order valence-electron chi connectivity index (χ1n) is 13.2. The molecule has 0 saturated heterocycles. The monoisotopic (exact) mass is 520 g/mol. The third-order valence-electron chi connectivity index (χ3n) is 6.51. The van der Waals surface area contributed by atoms with Crippen molar-refractivity contribution >= 4 is 23.8 Å². The number of rotatable bonds is 8. The number of amides is 3. The number of carbonyl (C=O) groups is 3. The third-order valence-corrected chi connectivity index (χ3v) is 6.51. The van der Waals surface area contributed by atoms with E-state index in [-0.39, 0.29) is 23.7 Å². The van der Waals surface area contributed by atoms with Gasteiger partial charge in [-0.2, -0.15) is 0 Å². The normalized spacial score (nSPS) is 21.7. The van der Waals surface area contributed by atoms with E-state index in [2.05, 4.69) is 21.3 Å². The summed E-state index contributed by atoms with van der Waals surface area (Å²) >= 11 is 0. The molecule has 8 heteroatoms. The van der Waals surface area contributed by atoms with Crippen LogP contribution in [0.15, 0.2) is 60.8 Å². The first kappa shape index (κ1) is 28.9. The molecule has 38 heavy (non-hydrogen) atoms. The Morgan fingerprint density at radius 1 is 0.974 bits per heavy atom. The molecule has 2 aromatic rings. The molecule has 0 spiro atoms. The average molecular weight is 521 g/mol. The first-order chi connectivity index (χ1) is 18.2. The van der Waals surface area contributed by atoms with E-state index in [0.29, 0.717) is 18.6 Å². The molecule has 4 rings (SSSR count). The summed E-state index contributed by atoms with van der Waals surface area (Å²) in [5.74, 6) is -0.493. The van der Waals surface area contributed by atoms with Crippen molar-refractivity contribution in [2.24, 2.45) is 11.8 Å². The average Bonchev–Trinajstić information content (AvgIpc) is 2.89. The van der Waals surface area contributed by atoms with Gasteiger partial charge in [0.15, 0.2) is 0 Å². The maximum Gasteiger partial charge on any atom is 0.247 e. The van der Waals surface area contributed by atoms with Gasteiger partial charge < -0.3 is 26.0 Å². The van der Waals surface area contributed by atoms with Gasteiger partial charge in [-0.15, -0.1) is 0 Å². The highest BCUT2D eigenvalue weighted by atomic mass is 16.5. The summed E-state index contributed by atoms with van der Waals surface area (Å²) < 4.78 is 6.31. The lowest BCUT2D eigenvalue weighted by molar-refractivity contribution is -0.135. The molecule has 2 heterocycles. The van der Waals surface area contributed by atoms with Crippen LogP contribution in [-0.2, 0) is 20.8 Å². The fourth-order valence-electron chi connectivity index (χ4n) is 4.42. The smallest absolute Gasteiger partial charge is 0.247 e. The highest BCUT2D eigenvalue weighted by Gasteiger charge is 2.37. The van der Waals surface area contributed by atoms with E-state index >= 15 is 0 Å². The molecule has 204 valence electrons. The predicted octanol–water partition coefficient (Wildman–Crippen LogP) is 3.04. The van der Waals surface area contributed by atoms with Crippen molar-refractivity contribution < 1.29 is 19.1 Å². The van der Waals surface area contributed by atoms with Crippen LogP contribution in [0, 0.1) is 11.8 Å². The largest absolute Gasteiger partial charge is 0.487 e. The molecule has 0 fully saturated rings. The Hall–Kier alpha value is -3.65. The Balaban J connectivity index is 1.95. The van der Waals surface area contributed by atoms with E-state index < -0.39 is 30.1 Å². The second-order valence-electron chi connectivity index (χ2n) is 10.4. The molecule has 2 aliphatic heterocycles. The van der Waals surface area contributed by atoms with E-state index in [0.717, 1.165) is 11.1 Å². The third kappa shape index (κ3) is 8.18. The van der Waals surface area contributed by atoms with Crippen molar-refractivity contribution in [3.05, 3.63) is 71.9 Å². The highest BCUT2D eigenvalue weighted by molar-refractivity contribution is 5.94. The van der Waals surface area contributed by atoms with Crippen molar-refractivity contribution in [1.82, 2.24) is 21.3 Å². The maximum absolute atomic E-state index is 13.8. The second-order valence-corrected chi connectivity index (χ2v) is 10.4. The van der Waals surface area contributed by atoms with Gasteiger partial charge in [-0.1, -0.05) is 70.2 Å². The predicted molar refractivity (Wildman–Crippen MR) is 149 cm³/mol. The Kier molecular flexibility index (Phi) is 10.5. The number of nitrogens with one attached hydrogen (secondary N) is 4. The van der Waals surface area contributed by atoms with Crippen molar-refractivity contribution in [2.45, 2.75) is 64.8 Å². The standard InChI is InChI=1S/C30H40N4O4/c1-19(2)17-25-28(35)32-16-15-21-11-13-23(14-12-21)38-27(20(3)4)26(30(37)33-25)34-29(36)24(31-5)18-22-9-7-6-8-10-22/h6-16,19-20,24-27,31H,17-18H2,1-5H3,(H,32,35)(H,33,37)(H,34,36)/b16-15+. The lowest BCUT2D eigenvalue weighted by atomic mass is 9.96. The molecular weight excluding hydrogens is 480 g/mol. The van der Waals surface area contributed by atoms with Crippen molar-refractivity contribution in [3.8, 4) is 5.75 Å². The van der Waals surface area contributed by atoms with Gasteiger partial charge in [0.1, 0.15) is 23.9 Å². The summed E-state index contributed by atoms with van der Waals surface area (Å²) in [6.07, 6.45) is 3.58. The van der Waals surface area contributed by atoms with E-state index in [9.17, 15) is 14.4 Å². The van der Waals surface area contributed by atoms with Gasteiger partial charge >= 0.3 is 0 Å². The fourth-order valence-corrected chi connectivity index (χ4v) is 4.42. The van der Waals surface area contributed by atoms with E-state index in [1.807, 2.05) is 82.3 Å². The lowest BCUT2D eigenvalue weighted by Crippen LogP contribution is -2.61. The molecule has 4 N–H and O–H groups in total. The molecule has 2 bridgehead atoms. The van der Waals surface area contributed by atoms with Gasteiger partial charge in [-0.3, -0.25) is 14.4 Å². The van der Waals surface area contributed by atoms with Crippen LogP contribution in [0.3, 0.4) is 0 Å². The number of benzene rings is 2. The summed E-state index contributed by atoms with van der Waals surface area (Å²) in [5, 5.41) is 11.7. The number of ether oxygens (including phenoxy) is 1. The summed E-state index contributed by atoms with van der Waals surface area (Å²) in [6.45, 7) is 7.86. The summed E-state index contributed by atoms with van der Waals surface area (Å²) in [4.78, 5) is 40.3. The molecule has 0 saturated carbocycles. The SMILES string of the molecule is CNC(Cc1ccccc1)C(=O)NC1C(=O)NC(CC(C)C)C(=O)N/C=C/c2ccc(cc2)OC1C(C)C. The minimum Gasteiger partial charge on any atom is -0.487 e. The zero-order valence-corrected chi connectivity index (χ0v) is 22.9. The molecule has 0 aliphatic carbocycles. The van der Waals surface area contributed by atoms with Gasteiger partial charge in [-0.05, 0) is 61.1 Å². The van der Waals surface area contributed by atoms with Gasteiger partial charge in [0.05, 0.1) is 6.04 Å². The highest BCUT2D eigenvalue weighted by Crippen LogP contribution is 2.21. The minimum absolute atomic E-state index is 0.127. The van der Waals surface area contributed by atoms with Crippen LogP contribution in [0.4, 0.5) is 0 Å². The van der Waals surface area contributed by atoms with Crippen LogP contribution < -0.4 is 26.0 Å². The molecule has 0 radical (unpaired) electrons. The summed E-state index contributed by atoms with van der Waals surface area (Å²) in [6, 6.07) is 14.7. The van der Waals surface area contributed by atoms with E-state index in [1.165, 1.54) is 0 Å². The quantitative estimate of drug-likeness (QED) is 0.428. The summed E-state index contributed by atoms with van der Waals surface area (Å²) in [5.41, 5.74) is 1.89. The minimum atomic E-state index is -1.03. The summed E-state index contributed by atoms with van der Waals surface area (Å²) in [7, 11) is 1.72. The van der Waals surface area contributed by atoms with Crippen LogP contribution in [-0.4, -0.2) is 49.0 Å². The lowest BCUT2D eigenvalue weighted by Gasteiger charge is -2.33. The molecule has 4 atom stereocenters. The molecule has 4 unspecified atom stereocenters. The van der Waals surface area contributed by atoms with E-state index in [4.69, 9.17) is 4.74 Å². The van der Waals surface area contributed by atoms with E-state index in [1.54, 1.807) is 19.3 Å². The maximum atomic E-state index is 13.8. The molecule has 2 aliphatic rings. The van der Waals surface area contributed by atoms with Gasteiger partial charge in [-0.25, -0.2) is 0 Å². The molecule has 2 aromatic carbocycles. The number of fused-ring (bicyclic) bond motifs is 10. The molecule has 8 nitrogen and oxygen atoms in total. The molecule has 3 amide bonds. The zero-order chi connectivity index (χ0) is 27.7. The van der Waals surface area contributed by atoms with Crippen LogP contribution in [0.25, 0.3) is 6.08 Å². The number of likely N-dealkylation sites (N-methyl/N-ethyl adjacent to an activating group) is 1. The zero-order valence-electron chi connectivity index (χ0n) is 22.9. The van der Waals surface area contributed by atoms with Crippen molar-refractivity contribution in [2.75, 3.05) is 7.05 Å². The number of hydrogen-bond acceptors (Lipinski definition) is 5. The van der Waals surface area contributed by atoms with Crippen molar-refractivity contribution in [1.29, 1.82) is 0 Å². The second kappa shape index (κ2) is 13.8. The Bertz CT molecular complexity index is 1100. The van der Waals surface area contributed by atoms with Crippen molar-refractivity contribution in [3.63, 3.8) is 0 Å². The molecule has 0 aromatic heterocycles. The van der Waals surface area contributed by atoms with Crippen LogP contribution in [0.1, 0.15) is 45.2 Å². The van der Waals surface area contributed by atoms with Crippen LogP contribution in [0.5, 0.6) is 5.75 Å². The van der Waals surface area contributed by atoms with Gasteiger partial charge in [0.2, 0.25) is 17.7 Å². The van der Waals surface area contributed by atoms with Crippen LogP contribution >= 0.6 is 0 Å². The van der Waals surface area contributed by atoms with Gasteiger partial charge in [0, 0.05) is 6.20 Å². The Labute approximate surface area is 225 Å². The Morgan fingerprint density at radius 2 is 1.66 bits per heavy atom. The first-order valence-corrected chi connectivity index (χ1v) is 13.2. The number of carbonyl (C=O) groups excluding carboxylic acids is 3.